The first-order chi connectivity index (χ1) is 10.7. The number of amides is 1. The van der Waals surface area contributed by atoms with Crippen molar-refractivity contribution in [3.8, 4) is 5.75 Å². The van der Waals surface area contributed by atoms with Crippen LogP contribution in [0.2, 0.25) is 0 Å². The molecule has 0 saturated heterocycles. The molecule has 0 aliphatic heterocycles. The number of methoxy groups -OCH3 is 1. The predicted octanol–water partition coefficient (Wildman–Crippen LogP) is 2.07. The first-order valence-corrected chi connectivity index (χ1v) is 6.68. The molecule has 0 spiro atoms. The molecule has 0 aliphatic rings. The van der Waals surface area contributed by atoms with Crippen LogP contribution in [-0.2, 0) is 0 Å². The van der Waals surface area contributed by atoms with Gasteiger partial charge in [-0.05, 0) is 24.3 Å². The Morgan fingerprint density at radius 3 is 2.95 bits per heavy atom. The van der Waals surface area contributed by atoms with Crippen molar-refractivity contribution in [1.82, 2.24) is 20.3 Å². The molecule has 0 unspecified atom stereocenters. The van der Waals surface area contributed by atoms with Crippen molar-refractivity contribution in [2.45, 2.75) is 0 Å². The number of aromatic nitrogens is 3. The van der Waals surface area contributed by atoms with E-state index in [1.54, 1.807) is 32.6 Å². The number of nitrogens with zero attached hydrogens (tertiary/aromatic N) is 2. The van der Waals surface area contributed by atoms with Crippen LogP contribution in [0, 0.1) is 0 Å². The van der Waals surface area contributed by atoms with E-state index in [1.165, 1.54) is 0 Å². The van der Waals surface area contributed by atoms with Gasteiger partial charge in [-0.3, -0.25) is 4.79 Å². The van der Waals surface area contributed by atoms with Crippen LogP contribution < -0.4 is 15.4 Å². The molecule has 0 fully saturated rings. The highest BCUT2D eigenvalue weighted by molar-refractivity contribution is 5.93. The summed E-state index contributed by atoms with van der Waals surface area (Å²) in [6, 6.07) is 7.28. The molecule has 0 bridgehead atoms. The Morgan fingerprint density at radius 2 is 2.18 bits per heavy atom. The number of anilines is 2. The molecule has 0 saturated carbocycles. The Labute approximate surface area is 126 Å². The van der Waals surface area contributed by atoms with E-state index < -0.39 is 0 Å². The molecule has 3 rings (SSSR count). The third-order valence-electron chi connectivity index (χ3n) is 3.20. The fourth-order valence-corrected chi connectivity index (χ4v) is 2.06. The minimum absolute atomic E-state index is 0.181. The SMILES string of the molecule is CNC(=O)c1cc(Nc2ncc3cc(OC)ccc3n2)c[nH]1. The van der Waals surface area contributed by atoms with Crippen molar-refractivity contribution < 1.29 is 9.53 Å². The number of hydrogen-bond donors (Lipinski definition) is 3. The topological polar surface area (TPSA) is 91.9 Å². The molecule has 7 nitrogen and oxygen atoms in total. The van der Waals surface area contributed by atoms with Crippen LogP contribution >= 0.6 is 0 Å². The summed E-state index contributed by atoms with van der Waals surface area (Å²) in [4.78, 5) is 23.1. The molecule has 7 heteroatoms. The lowest BCUT2D eigenvalue weighted by Crippen LogP contribution is -2.17. The second-order valence-electron chi connectivity index (χ2n) is 4.62. The Morgan fingerprint density at radius 1 is 1.32 bits per heavy atom. The minimum Gasteiger partial charge on any atom is -0.497 e. The van der Waals surface area contributed by atoms with Gasteiger partial charge in [-0.1, -0.05) is 0 Å². The van der Waals surface area contributed by atoms with Crippen LogP contribution in [0.1, 0.15) is 10.5 Å². The molecular formula is C15H15N5O2. The van der Waals surface area contributed by atoms with Crippen LogP contribution in [0.25, 0.3) is 10.9 Å². The Bertz CT molecular complexity index is 828. The molecule has 1 aromatic carbocycles. The van der Waals surface area contributed by atoms with Crippen molar-refractivity contribution in [3.63, 3.8) is 0 Å². The number of benzene rings is 1. The highest BCUT2D eigenvalue weighted by Gasteiger charge is 2.08. The number of fused-ring (bicyclic) bond motifs is 1. The number of rotatable bonds is 4. The van der Waals surface area contributed by atoms with E-state index in [1.807, 2.05) is 18.2 Å². The molecule has 2 aromatic heterocycles. The molecule has 1 amide bonds. The summed E-state index contributed by atoms with van der Waals surface area (Å²) >= 11 is 0. The smallest absolute Gasteiger partial charge is 0.267 e. The zero-order valence-electron chi connectivity index (χ0n) is 12.2. The van der Waals surface area contributed by atoms with Gasteiger partial charge in [0.25, 0.3) is 5.91 Å². The van der Waals surface area contributed by atoms with E-state index in [0.717, 1.165) is 16.7 Å². The fourth-order valence-electron chi connectivity index (χ4n) is 2.06. The lowest BCUT2D eigenvalue weighted by Gasteiger charge is -2.05. The van der Waals surface area contributed by atoms with Gasteiger partial charge in [0, 0.05) is 24.8 Å². The van der Waals surface area contributed by atoms with E-state index in [9.17, 15) is 4.79 Å². The summed E-state index contributed by atoms with van der Waals surface area (Å²) < 4.78 is 5.17. The zero-order valence-corrected chi connectivity index (χ0v) is 12.2. The van der Waals surface area contributed by atoms with E-state index in [2.05, 4.69) is 25.6 Å². The summed E-state index contributed by atoms with van der Waals surface area (Å²) in [6.45, 7) is 0. The molecule has 112 valence electrons. The maximum absolute atomic E-state index is 11.5. The Kier molecular flexibility index (Phi) is 3.61. The van der Waals surface area contributed by atoms with Crippen molar-refractivity contribution in [2.24, 2.45) is 0 Å². The van der Waals surface area contributed by atoms with Crippen molar-refractivity contribution >= 4 is 28.4 Å². The molecule has 0 aliphatic carbocycles. The summed E-state index contributed by atoms with van der Waals surface area (Å²) in [5.41, 5.74) is 1.99. The van der Waals surface area contributed by atoms with Gasteiger partial charge in [0.2, 0.25) is 5.95 Å². The number of carbonyl (C=O) groups is 1. The monoisotopic (exact) mass is 297 g/mol. The van der Waals surface area contributed by atoms with Crippen LogP contribution in [0.5, 0.6) is 5.75 Å². The molecular weight excluding hydrogens is 282 g/mol. The fraction of sp³-hybridized carbons (Fsp3) is 0.133. The van der Waals surface area contributed by atoms with E-state index >= 15 is 0 Å². The van der Waals surface area contributed by atoms with E-state index in [0.29, 0.717) is 17.3 Å². The largest absolute Gasteiger partial charge is 0.497 e. The molecule has 2 heterocycles. The van der Waals surface area contributed by atoms with Gasteiger partial charge in [-0.25, -0.2) is 9.97 Å². The number of carbonyl (C=O) groups excluding carboxylic acids is 1. The molecule has 0 radical (unpaired) electrons. The number of hydrogen-bond acceptors (Lipinski definition) is 5. The number of ether oxygens (including phenoxy) is 1. The quantitative estimate of drug-likeness (QED) is 0.685. The number of nitrogens with one attached hydrogen (secondary N) is 3. The maximum atomic E-state index is 11.5. The van der Waals surface area contributed by atoms with Crippen molar-refractivity contribution in [2.75, 3.05) is 19.5 Å². The van der Waals surface area contributed by atoms with Gasteiger partial charge in [0.05, 0.1) is 18.3 Å². The second kappa shape index (κ2) is 5.72. The average Bonchev–Trinajstić information content (AvgIpc) is 3.02. The zero-order chi connectivity index (χ0) is 15.5. The van der Waals surface area contributed by atoms with Crippen LogP contribution in [0.3, 0.4) is 0 Å². The van der Waals surface area contributed by atoms with Crippen LogP contribution in [0.4, 0.5) is 11.6 Å². The van der Waals surface area contributed by atoms with E-state index in [-0.39, 0.29) is 5.91 Å². The Balaban J connectivity index is 1.84. The van der Waals surface area contributed by atoms with Crippen LogP contribution in [-0.4, -0.2) is 35.0 Å². The first-order valence-electron chi connectivity index (χ1n) is 6.68. The lowest BCUT2D eigenvalue weighted by atomic mass is 10.2. The molecule has 22 heavy (non-hydrogen) atoms. The third-order valence-corrected chi connectivity index (χ3v) is 3.20. The normalized spacial score (nSPS) is 10.5. The second-order valence-corrected chi connectivity index (χ2v) is 4.62. The standard InChI is InChI=1S/C15H15N5O2/c1-16-14(21)13-6-10(8-17-13)19-15-18-7-9-5-11(22-2)3-4-12(9)20-15/h3-8,17H,1-2H3,(H,16,21)(H,18,19,20). The number of aromatic amines is 1. The van der Waals surface area contributed by atoms with Gasteiger partial charge in [0.15, 0.2) is 0 Å². The average molecular weight is 297 g/mol. The number of H-pyrrole nitrogens is 1. The third kappa shape index (κ3) is 2.69. The minimum atomic E-state index is -0.181. The van der Waals surface area contributed by atoms with Gasteiger partial charge >= 0.3 is 0 Å². The Hall–Kier alpha value is -3.09. The highest BCUT2D eigenvalue weighted by atomic mass is 16.5. The van der Waals surface area contributed by atoms with Gasteiger partial charge in [-0.15, -0.1) is 0 Å². The summed E-state index contributed by atoms with van der Waals surface area (Å²) in [6.07, 6.45) is 3.41. The van der Waals surface area contributed by atoms with Gasteiger partial charge in [0.1, 0.15) is 11.4 Å². The first kappa shape index (κ1) is 13.9. The molecule has 3 aromatic rings. The summed E-state index contributed by atoms with van der Waals surface area (Å²) in [5, 5.41) is 6.51. The van der Waals surface area contributed by atoms with E-state index in [4.69, 9.17) is 4.74 Å². The summed E-state index contributed by atoms with van der Waals surface area (Å²) in [5.74, 6) is 1.04. The molecule has 3 N–H and O–H groups in total. The lowest BCUT2D eigenvalue weighted by molar-refractivity contribution is 0.0959. The van der Waals surface area contributed by atoms with Crippen molar-refractivity contribution in [3.05, 3.63) is 42.4 Å². The maximum Gasteiger partial charge on any atom is 0.267 e. The predicted molar refractivity (Wildman–Crippen MR) is 83.6 cm³/mol. The van der Waals surface area contributed by atoms with Crippen molar-refractivity contribution in [1.29, 1.82) is 0 Å². The van der Waals surface area contributed by atoms with Gasteiger partial charge < -0.3 is 20.4 Å². The molecule has 0 atom stereocenters. The highest BCUT2D eigenvalue weighted by Crippen LogP contribution is 2.21. The van der Waals surface area contributed by atoms with Crippen LogP contribution in [0.15, 0.2) is 36.7 Å². The summed E-state index contributed by atoms with van der Waals surface area (Å²) in [7, 11) is 3.20. The van der Waals surface area contributed by atoms with Gasteiger partial charge in [-0.2, -0.15) is 0 Å².